The smallest absolute Gasteiger partial charge is 0.0982 e. The Kier molecular flexibility index (Phi) is 3.83. The van der Waals surface area contributed by atoms with E-state index in [9.17, 15) is 0 Å². The van der Waals surface area contributed by atoms with Crippen molar-refractivity contribution in [1.29, 1.82) is 0 Å². The third-order valence-electron chi connectivity index (χ3n) is 1.90. The van der Waals surface area contributed by atoms with Gasteiger partial charge in [-0.25, -0.2) is 0 Å². The van der Waals surface area contributed by atoms with Crippen LogP contribution in [0.25, 0.3) is 0 Å². The van der Waals surface area contributed by atoms with Gasteiger partial charge in [-0.2, -0.15) is 0 Å². The highest BCUT2D eigenvalue weighted by Gasteiger charge is 2.28. The molecule has 0 aromatic rings. The van der Waals surface area contributed by atoms with Gasteiger partial charge in [0.15, 0.2) is 0 Å². The summed E-state index contributed by atoms with van der Waals surface area (Å²) in [7, 11) is 0. The van der Waals surface area contributed by atoms with Gasteiger partial charge in [-0.3, -0.25) is 0 Å². The minimum absolute atomic E-state index is 0.159. The van der Waals surface area contributed by atoms with Gasteiger partial charge in [0, 0.05) is 6.61 Å². The molecule has 2 atom stereocenters. The van der Waals surface area contributed by atoms with Crippen LogP contribution in [0.4, 0.5) is 0 Å². The number of hydrogen-bond acceptors (Lipinski definition) is 3. The molecule has 1 saturated heterocycles. The fraction of sp³-hybridized carbons (Fsp3) is 1.00. The standard InChI is InChI=1S/C8H17NO2/c1-2-3-4-10-6-8-7(9)5-11-8/h7-8H,2-6,9H2,1H3/t7-,8-/m1/s1. The predicted octanol–water partition coefficient (Wildman–Crippen LogP) is 0.529. The molecule has 0 unspecified atom stereocenters. The quantitative estimate of drug-likeness (QED) is 0.595. The minimum Gasteiger partial charge on any atom is -0.379 e. The summed E-state index contributed by atoms with van der Waals surface area (Å²) < 4.78 is 10.5. The van der Waals surface area contributed by atoms with E-state index in [0.717, 1.165) is 13.0 Å². The minimum atomic E-state index is 0.159. The second-order valence-corrected chi connectivity index (χ2v) is 2.96. The Morgan fingerprint density at radius 2 is 2.45 bits per heavy atom. The van der Waals surface area contributed by atoms with Gasteiger partial charge in [-0.15, -0.1) is 0 Å². The van der Waals surface area contributed by atoms with E-state index in [1.807, 2.05) is 0 Å². The van der Waals surface area contributed by atoms with E-state index in [1.165, 1.54) is 6.42 Å². The van der Waals surface area contributed by atoms with E-state index in [-0.39, 0.29) is 12.1 Å². The predicted molar refractivity (Wildman–Crippen MR) is 43.4 cm³/mol. The lowest BCUT2D eigenvalue weighted by molar-refractivity contribution is -0.111. The van der Waals surface area contributed by atoms with E-state index in [4.69, 9.17) is 15.2 Å². The Balaban J connectivity index is 1.87. The average Bonchev–Trinajstić information content (AvgIpc) is 2.02. The Labute approximate surface area is 67.9 Å². The monoisotopic (exact) mass is 159 g/mol. The lowest BCUT2D eigenvalue weighted by Gasteiger charge is -2.33. The van der Waals surface area contributed by atoms with Crippen LogP contribution in [0, 0.1) is 0 Å². The molecule has 0 radical (unpaired) electrons. The van der Waals surface area contributed by atoms with Crippen LogP contribution in [-0.4, -0.2) is 32.0 Å². The maximum Gasteiger partial charge on any atom is 0.0982 e. The topological polar surface area (TPSA) is 44.5 Å². The molecule has 2 N–H and O–H groups in total. The fourth-order valence-corrected chi connectivity index (χ4v) is 0.961. The van der Waals surface area contributed by atoms with Crippen molar-refractivity contribution < 1.29 is 9.47 Å². The summed E-state index contributed by atoms with van der Waals surface area (Å²) >= 11 is 0. The molecule has 3 nitrogen and oxygen atoms in total. The first-order chi connectivity index (χ1) is 5.34. The van der Waals surface area contributed by atoms with Crippen molar-refractivity contribution in [3.8, 4) is 0 Å². The molecule has 0 saturated carbocycles. The maximum absolute atomic E-state index is 5.63. The number of unbranched alkanes of at least 4 members (excludes halogenated alkanes) is 1. The van der Waals surface area contributed by atoms with Gasteiger partial charge in [0.05, 0.1) is 25.4 Å². The zero-order valence-electron chi connectivity index (χ0n) is 7.08. The Morgan fingerprint density at radius 1 is 1.64 bits per heavy atom. The molecule has 0 aromatic carbocycles. The van der Waals surface area contributed by atoms with Gasteiger partial charge in [-0.1, -0.05) is 13.3 Å². The number of nitrogens with two attached hydrogens (primary N) is 1. The third-order valence-corrected chi connectivity index (χ3v) is 1.90. The average molecular weight is 159 g/mol. The van der Waals surface area contributed by atoms with Crippen molar-refractivity contribution in [3.63, 3.8) is 0 Å². The van der Waals surface area contributed by atoms with Gasteiger partial charge >= 0.3 is 0 Å². The molecular formula is C8H17NO2. The van der Waals surface area contributed by atoms with Crippen LogP contribution in [0.1, 0.15) is 19.8 Å². The lowest BCUT2D eigenvalue weighted by Crippen LogP contribution is -2.53. The van der Waals surface area contributed by atoms with Crippen LogP contribution in [0.15, 0.2) is 0 Å². The van der Waals surface area contributed by atoms with E-state index >= 15 is 0 Å². The second-order valence-electron chi connectivity index (χ2n) is 2.96. The molecule has 0 spiro atoms. The van der Waals surface area contributed by atoms with Crippen LogP contribution in [0.2, 0.25) is 0 Å². The highest BCUT2D eigenvalue weighted by atomic mass is 16.5. The fourth-order valence-electron chi connectivity index (χ4n) is 0.961. The number of ether oxygens (including phenoxy) is 2. The Morgan fingerprint density at radius 3 is 2.91 bits per heavy atom. The summed E-state index contributed by atoms with van der Waals surface area (Å²) in [5.74, 6) is 0. The van der Waals surface area contributed by atoms with Crippen LogP contribution in [-0.2, 0) is 9.47 Å². The molecule has 1 aliphatic rings. The van der Waals surface area contributed by atoms with Crippen LogP contribution in [0.5, 0.6) is 0 Å². The van der Waals surface area contributed by atoms with Gasteiger partial charge in [-0.05, 0) is 6.42 Å². The molecule has 0 bridgehead atoms. The summed E-state index contributed by atoms with van der Waals surface area (Å²) in [4.78, 5) is 0. The highest BCUT2D eigenvalue weighted by molar-refractivity contribution is 4.81. The number of hydrogen-bond donors (Lipinski definition) is 1. The van der Waals surface area contributed by atoms with Crippen molar-refractivity contribution in [2.24, 2.45) is 5.73 Å². The second kappa shape index (κ2) is 4.70. The van der Waals surface area contributed by atoms with E-state index < -0.39 is 0 Å². The molecule has 0 aliphatic carbocycles. The van der Waals surface area contributed by atoms with Gasteiger partial charge in [0.2, 0.25) is 0 Å². The van der Waals surface area contributed by atoms with Crippen molar-refractivity contribution in [2.45, 2.75) is 31.9 Å². The Hall–Kier alpha value is -0.120. The van der Waals surface area contributed by atoms with Crippen molar-refractivity contribution in [1.82, 2.24) is 0 Å². The molecule has 0 aromatic heterocycles. The molecule has 66 valence electrons. The zero-order valence-corrected chi connectivity index (χ0v) is 7.08. The van der Waals surface area contributed by atoms with Crippen LogP contribution >= 0.6 is 0 Å². The van der Waals surface area contributed by atoms with Gasteiger partial charge in [0.1, 0.15) is 0 Å². The molecule has 11 heavy (non-hydrogen) atoms. The first-order valence-corrected chi connectivity index (χ1v) is 4.29. The summed E-state index contributed by atoms with van der Waals surface area (Å²) in [5.41, 5.74) is 5.63. The normalized spacial score (nSPS) is 30.0. The molecule has 1 rings (SSSR count). The largest absolute Gasteiger partial charge is 0.379 e. The van der Waals surface area contributed by atoms with Gasteiger partial charge < -0.3 is 15.2 Å². The van der Waals surface area contributed by atoms with Crippen molar-refractivity contribution in [2.75, 3.05) is 19.8 Å². The summed E-state index contributed by atoms with van der Waals surface area (Å²) in [6.45, 7) is 4.35. The summed E-state index contributed by atoms with van der Waals surface area (Å²) in [6.07, 6.45) is 2.46. The first-order valence-electron chi connectivity index (χ1n) is 4.29. The van der Waals surface area contributed by atoms with Crippen LogP contribution in [0.3, 0.4) is 0 Å². The summed E-state index contributed by atoms with van der Waals surface area (Å²) in [6, 6.07) is 0.205. The third kappa shape index (κ3) is 2.77. The van der Waals surface area contributed by atoms with Gasteiger partial charge in [0.25, 0.3) is 0 Å². The summed E-state index contributed by atoms with van der Waals surface area (Å²) in [5, 5.41) is 0. The molecule has 1 heterocycles. The highest BCUT2D eigenvalue weighted by Crippen LogP contribution is 2.10. The van der Waals surface area contributed by atoms with Crippen molar-refractivity contribution in [3.05, 3.63) is 0 Å². The van der Waals surface area contributed by atoms with E-state index in [1.54, 1.807) is 0 Å². The molecule has 1 fully saturated rings. The zero-order chi connectivity index (χ0) is 8.10. The van der Waals surface area contributed by atoms with Crippen molar-refractivity contribution >= 4 is 0 Å². The van der Waals surface area contributed by atoms with E-state index in [0.29, 0.717) is 13.2 Å². The van der Waals surface area contributed by atoms with Crippen LogP contribution < -0.4 is 5.73 Å². The molecule has 0 amide bonds. The Bertz CT molecular complexity index is 108. The molecule has 3 heteroatoms. The lowest BCUT2D eigenvalue weighted by atomic mass is 10.1. The maximum atomic E-state index is 5.63. The molecular weight excluding hydrogens is 142 g/mol. The first kappa shape index (κ1) is 8.97. The number of rotatable bonds is 5. The van der Waals surface area contributed by atoms with E-state index in [2.05, 4.69) is 6.92 Å². The molecule has 1 aliphatic heterocycles. The SMILES string of the molecule is CCCCOC[C@H]1OC[C@H]1N.